The van der Waals surface area contributed by atoms with E-state index in [-0.39, 0.29) is 0 Å². The van der Waals surface area contributed by atoms with Crippen LogP contribution in [0.25, 0.3) is 0 Å². The third-order valence-corrected chi connectivity index (χ3v) is 4.16. The summed E-state index contributed by atoms with van der Waals surface area (Å²) >= 11 is 0. The Labute approximate surface area is 142 Å². The van der Waals surface area contributed by atoms with Gasteiger partial charge in [0.1, 0.15) is 18.3 Å². The number of nitriles is 1. The van der Waals surface area contributed by atoms with Crippen LogP contribution in [0.2, 0.25) is 0 Å². The number of rotatable bonds is 4. The molecule has 2 heterocycles. The summed E-state index contributed by atoms with van der Waals surface area (Å²) < 4.78 is 5.10. The highest BCUT2D eigenvalue weighted by molar-refractivity contribution is 6.39. The average Bonchev–Trinajstić information content (AvgIpc) is 3.05. The molecule has 0 aromatic rings. The molecule has 2 aliphatic rings. The molecular weight excluding hydrogens is 336 g/mol. The van der Waals surface area contributed by atoms with E-state index in [9.17, 15) is 35.0 Å². The molecule has 4 atom stereocenters. The van der Waals surface area contributed by atoms with E-state index in [1.54, 1.807) is 6.07 Å². The van der Waals surface area contributed by atoms with Crippen molar-refractivity contribution < 1.29 is 34.4 Å². The van der Waals surface area contributed by atoms with Crippen LogP contribution in [0.5, 0.6) is 0 Å². The van der Waals surface area contributed by atoms with Gasteiger partial charge in [-0.1, -0.05) is 0 Å². The van der Waals surface area contributed by atoms with Crippen molar-refractivity contribution in [3.63, 3.8) is 0 Å². The van der Waals surface area contributed by atoms with E-state index < -0.39 is 60.1 Å². The Morgan fingerprint density at radius 2 is 2.00 bits per heavy atom. The third kappa shape index (κ3) is 2.42. The summed E-state index contributed by atoms with van der Waals surface area (Å²) in [6, 6.07) is 1.59. The first-order valence-corrected chi connectivity index (χ1v) is 7.34. The van der Waals surface area contributed by atoms with Crippen molar-refractivity contribution >= 4 is 23.3 Å². The fourth-order valence-corrected chi connectivity index (χ4v) is 2.92. The average molecular weight is 354 g/mol. The van der Waals surface area contributed by atoms with Crippen LogP contribution >= 0.6 is 0 Å². The van der Waals surface area contributed by atoms with Crippen molar-refractivity contribution in [3.05, 3.63) is 0 Å². The molecule has 0 bridgehead atoms. The minimum Gasteiger partial charge on any atom is -0.393 e. The smallest absolute Gasteiger partial charge is 0.301 e. The number of amides is 1. The van der Waals surface area contributed by atoms with Crippen LogP contribution in [-0.4, -0.2) is 85.5 Å². The zero-order chi connectivity index (χ0) is 19.2. The second-order valence-electron chi connectivity index (χ2n) is 5.78. The molecule has 11 nitrogen and oxygen atoms in total. The van der Waals surface area contributed by atoms with E-state index in [0.717, 1.165) is 20.8 Å². The Bertz CT molecular complexity index is 702. The highest BCUT2D eigenvalue weighted by Crippen LogP contribution is 2.39. The molecule has 136 valence electrons. The Kier molecular flexibility index (Phi) is 4.67. The van der Waals surface area contributed by atoms with Gasteiger partial charge in [-0.05, 0) is 0 Å². The highest BCUT2D eigenvalue weighted by Gasteiger charge is 2.65. The molecule has 11 heteroatoms. The fourth-order valence-electron chi connectivity index (χ4n) is 2.92. The van der Waals surface area contributed by atoms with Gasteiger partial charge in [0.15, 0.2) is 17.4 Å². The monoisotopic (exact) mass is 354 g/mol. The van der Waals surface area contributed by atoms with E-state index in [0.29, 0.717) is 10.0 Å². The minimum absolute atomic E-state index is 0.408. The van der Waals surface area contributed by atoms with Crippen molar-refractivity contribution in [1.29, 1.82) is 5.26 Å². The summed E-state index contributed by atoms with van der Waals surface area (Å²) in [6.45, 7) is 1.88. The van der Waals surface area contributed by atoms with Crippen molar-refractivity contribution in [1.82, 2.24) is 10.0 Å². The number of amidine groups is 1. The Balaban J connectivity index is 2.76. The number of ether oxygens (including phenoxy) is 1. The molecule has 0 spiro atoms. The molecular formula is C14H18N4O7. The van der Waals surface area contributed by atoms with Gasteiger partial charge in [0.05, 0.1) is 13.2 Å². The number of carbonyl (C=O) groups is 3. The van der Waals surface area contributed by atoms with Crippen molar-refractivity contribution in [2.75, 3.05) is 13.2 Å². The Hall–Kier alpha value is -2.39. The Morgan fingerprint density at radius 1 is 1.40 bits per heavy atom. The van der Waals surface area contributed by atoms with Gasteiger partial charge in [0.25, 0.3) is 0 Å². The summed E-state index contributed by atoms with van der Waals surface area (Å²) in [5.74, 6) is -3.11. The van der Waals surface area contributed by atoms with E-state index in [2.05, 4.69) is 4.99 Å². The molecule has 0 aromatic heterocycles. The van der Waals surface area contributed by atoms with E-state index >= 15 is 0 Å². The first-order chi connectivity index (χ1) is 11.6. The Morgan fingerprint density at radius 3 is 2.40 bits per heavy atom. The van der Waals surface area contributed by atoms with Crippen molar-refractivity contribution in [2.24, 2.45) is 4.99 Å². The first-order valence-electron chi connectivity index (χ1n) is 7.34. The number of aliphatic hydroxyl groups excluding tert-OH is 2. The normalized spacial score (nSPS) is 34.7. The summed E-state index contributed by atoms with van der Waals surface area (Å²) in [5, 5.41) is 41.2. The number of aliphatic hydroxyl groups is 3. The SMILES string of the molecule is CC(=O)C1=NC(C#N)(C(C)=O)N(C(C)=O)N1[C@@]1(O)[C@@H](O)CO[C@@H]1CO. The number of carbonyl (C=O) groups excluding carboxylic acids is 3. The summed E-state index contributed by atoms with van der Waals surface area (Å²) in [6.07, 6.45) is -3.08. The standard InChI is InChI=1S/C14H18N4O7/c1-7(20)12-16-13(6-15,8(2)21)17(9(3)22)18(12)14(24)10(23)5-25-11(14)4-19/h10-11,19,23-24H,4-5H2,1-3H3/t10-,11+,13?,14+/m0/s1. The van der Waals surface area contributed by atoms with Crippen LogP contribution in [-0.2, 0) is 19.1 Å². The summed E-state index contributed by atoms with van der Waals surface area (Å²) in [7, 11) is 0. The number of hydrogen-bond acceptors (Lipinski definition) is 10. The number of Topliss-reactive ketones (excluding diaryl/α,β-unsaturated/α-hetero) is 2. The molecule has 1 unspecified atom stereocenters. The van der Waals surface area contributed by atoms with Crippen molar-refractivity contribution in [3.8, 4) is 6.07 Å². The van der Waals surface area contributed by atoms with Gasteiger partial charge in [-0.15, -0.1) is 0 Å². The number of nitrogens with zero attached hydrogens (tertiary/aromatic N) is 4. The molecule has 0 aliphatic carbocycles. The molecule has 1 saturated heterocycles. The topological polar surface area (TPSA) is 164 Å². The number of aliphatic imine (C=N–C) groups is 1. The maximum atomic E-state index is 12.2. The van der Waals surface area contributed by atoms with Crippen LogP contribution < -0.4 is 0 Å². The summed E-state index contributed by atoms with van der Waals surface area (Å²) in [4.78, 5) is 40.1. The van der Waals surface area contributed by atoms with Gasteiger partial charge >= 0.3 is 5.66 Å². The van der Waals surface area contributed by atoms with Crippen molar-refractivity contribution in [2.45, 2.75) is 44.4 Å². The van der Waals surface area contributed by atoms with Crippen LogP contribution in [0.3, 0.4) is 0 Å². The van der Waals surface area contributed by atoms with Gasteiger partial charge in [-0.3, -0.25) is 14.4 Å². The number of hydrogen-bond donors (Lipinski definition) is 3. The fraction of sp³-hybridized carbons (Fsp3) is 0.643. The molecule has 2 aliphatic heterocycles. The van der Waals surface area contributed by atoms with Crippen LogP contribution in [0.15, 0.2) is 4.99 Å². The van der Waals surface area contributed by atoms with Gasteiger partial charge in [-0.25, -0.2) is 15.0 Å². The molecule has 1 fully saturated rings. The molecule has 0 radical (unpaired) electrons. The lowest BCUT2D eigenvalue weighted by molar-refractivity contribution is -0.232. The lowest BCUT2D eigenvalue weighted by Crippen LogP contribution is -2.71. The van der Waals surface area contributed by atoms with Gasteiger partial charge < -0.3 is 20.1 Å². The maximum absolute atomic E-state index is 12.2. The molecule has 1 amide bonds. The molecule has 25 heavy (non-hydrogen) atoms. The largest absolute Gasteiger partial charge is 0.393 e. The number of ketones is 2. The van der Waals surface area contributed by atoms with Gasteiger partial charge in [-0.2, -0.15) is 5.26 Å². The number of hydrazine groups is 1. The maximum Gasteiger partial charge on any atom is 0.301 e. The van der Waals surface area contributed by atoms with Gasteiger partial charge in [0, 0.05) is 20.8 Å². The predicted octanol–water partition coefficient (Wildman–Crippen LogP) is -2.70. The van der Waals surface area contributed by atoms with E-state index in [4.69, 9.17) is 4.74 Å². The van der Waals surface area contributed by atoms with Crippen LogP contribution in [0, 0.1) is 11.3 Å². The van der Waals surface area contributed by atoms with Gasteiger partial charge in [0.2, 0.25) is 11.6 Å². The molecule has 3 N–H and O–H groups in total. The zero-order valence-electron chi connectivity index (χ0n) is 13.8. The lowest BCUT2D eigenvalue weighted by Gasteiger charge is -2.45. The predicted molar refractivity (Wildman–Crippen MR) is 79.3 cm³/mol. The minimum atomic E-state index is -2.49. The van der Waals surface area contributed by atoms with E-state index in [1.165, 1.54) is 0 Å². The molecule has 2 rings (SSSR count). The summed E-state index contributed by atoms with van der Waals surface area (Å²) in [5.41, 5.74) is -4.90. The van der Waals surface area contributed by atoms with E-state index in [1.807, 2.05) is 0 Å². The second kappa shape index (κ2) is 6.16. The molecule has 0 aromatic carbocycles. The quantitative estimate of drug-likeness (QED) is 0.487. The molecule has 0 saturated carbocycles. The first kappa shape index (κ1) is 18.9. The lowest BCUT2D eigenvalue weighted by atomic mass is 10.0. The second-order valence-corrected chi connectivity index (χ2v) is 5.78. The third-order valence-electron chi connectivity index (χ3n) is 4.16. The van der Waals surface area contributed by atoms with Crippen LogP contribution in [0.1, 0.15) is 20.8 Å². The zero-order valence-corrected chi connectivity index (χ0v) is 13.8. The highest BCUT2D eigenvalue weighted by atomic mass is 16.6. The van der Waals surface area contributed by atoms with Crippen LogP contribution in [0.4, 0.5) is 0 Å².